The summed E-state index contributed by atoms with van der Waals surface area (Å²) in [4.78, 5) is 22.4. The molecule has 0 bridgehead atoms. The van der Waals surface area contributed by atoms with E-state index < -0.39 is 11.6 Å². The summed E-state index contributed by atoms with van der Waals surface area (Å²) < 4.78 is 5.05. The molecule has 6 heteroatoms. The van der Waals surface area contributed by atoms with Crippen molar-refractivity contribution in [2.24, 2.45) is 0 Å². The molecule has 1 aromatic carbocycles. The Kier molecular flexibility index (Phi) is 4.05. The van der Waals surface area contributed by atoms with Crippen molar-refractivity contribution in [2.45, 2.75) is 13.8 Å². The van der Waals surface area contributed by atoms with E-state index in [4.69, 9.17) is 9.52 Å². The summed E-state index contributed by atoms with van der Waals surface area (Å²) in [7, 11) is 0. The molecule has 0 unspecified atom stereocenters. The Morgan fingerprint density at radius 3 is 2.60 bits per heavy atom. The number of carboxylic acid groups (broad SMARTS) is 1. The average molecular weight is 276 g/mol. The summed E-state index contributed by atoms with van der Waals surface area (Å²) in [6.45, 7) is 5.71. The Morgan fingerprint density at radius 1 is 1.30 bits per heavy atom. The lowest BCUT2D eigenvalue weighted by molar-refractivity contribution is 0.0692. The van der Waals surface area contributed by atoms with E-state index in [1.165, 1.54) is 6.07 Å². The summed E-state index contributed by atoms with van der Waals surface area (Å²) in [6.07, 6.45) is 0. The van der Waals surface area contributed by atoms with Gasteiger partial charge in [-0.15, -0.1) is 0 Å². The van der Waals surface area contributed by atoms with Crippen LogP contribution in [0.3, 0.4) is 0 Å². The molecule has 20 heavy (non-hydrogen) atoms. The molecule has 106 valence electrons. The van der Waals surface area contributed by atoms with Gasteiger partial charge in [0.15, 0.2) is 0 Å². The van der Waals surface area contributed by atoms with Gasteiger partial charge in [0.1, 0.15) is 11.1 Å². The number of nitrogens with zero attached hydrogens (tertiary/aromatic N) is 1. The quantitative estimate of drug-likeness (QED) is 0.643. The molecule has 2 N–H and O–H groups in total. The molecule has 0 saturated carbocycles. The number of carboxylic acids is 1. The van der Waals surface area contributed by atoms with E-state index in [1.54, 1.807) is 12.1 Å². The Balaban J connectivity index is 2.42. The van der Waals surface area contributed by atoms with Crippen molar-refractivity contribution < 1.29 is 14.3 Å². The lowest BCUT2D eigenvalue weighted by Crippen LogP contribution is -2.29. The second kappa shape index (κ2) is 5.75. The van der Waals surface area contributed by atoms with Crippen molar-refractivity contribution >= 4 is 22.6 Å². The number of hydrazine groups is 1. The molecule has 0 aliphatic carbocycles. The highest BCUT2D eigenvalue weighted by Crippen LogP contribution is 2.19. The van der Waals surface area contributed by atoms with Gasteiger partial charge in [-0.2, -0.15) is 0 Å². The molecule has 1 heterocycles. The van der Waals surface area contributed by atoms with Gasteiger partial charge in [-0.05, 0) is 18.2 Å². The third-order valence-electron chi connectivity index (χ3n) is 3.02. The van der Waals surface area contributed by atoms with Crippen LogP contribution in [-0.2, 0) is 0 Å². The smallest absolute Gasteiger partial charge is 0.351 e. The predicted octanol–water partition coefficient (Wildman–Crippen LogP) is 2.16. The zero-order chi connectivity index (χ0) is 14.7. The molecule has 0 atom stereocenters. The average Bonchev–Trinajstić information content (AvgIpc) is 2.43. The standard InChI is InChI=1S/C14H16N2O4/c1-3-16(4-2)15-10-6-5-9-7-11(13(17)18)14(19)20-12(9)8-10/h5-8,15H,3-4H2,1-2H3,(H,17,18). The molecule has 0 aliphatic rings. The van der Waals surface area contributed by atoms with Crippen LogP contribution < -0.4 is 11.1 Å². The van der Waals surface area contributed by atoms with E-state index in [2.05, 4.69) is 5.43 Å². The van der Waals surface area contributed by atoms with Gasteiger partial charge in [0.05, 0.1) is 5.69 Å². The Morgan fingerprint density at radius 2 is 2.00 bits per heavy atom. The van der Waals surface area contributed by atoms with E-state index in [9.17, 15) is 9.59 Å². The molecule has 0 saturated heterocycles. The van der Waals surface area contributed by atoms with Crippen molar-refractivity contribution in [2.75, 3.05) is 18.5 Å². The van der Waals surface area contributed by atoms with Gasteiger partial charge in [-0.3, -0.25) is 0 Å². The molecule has 0 amide bonds. The van der Waals surface area contributed by atoms with E-state index in [-0.39, 0.29) is 5.56 Å². The number of nitrogens with one attached hydrogen (secondary N) is 1. The number of hydrogen-bond donors (Lipinski definition) is 2. The number of carbonyl (C=O) groups is 1. The summed E-state index contributed by atoms with van der Waals surface area (Å²) in [6, 6.07) is 6.54. The van der Waals surface area contributed by atoms with Gasteiger partial charge in [0.25, 0.3) is 0 Å². The molecule has 1 aromatic heterocycles. The number of hydrogen-bond acceptors (Lipinski definition) is 5. The minimum Gasteiger partial charge on any atom is -0.477 e. The Bertz CT molecular complexity index is 689. The number of anilines is 1. The van der Waals surface area contributed by atoms with E-state index in [0.717, 1.165) is 18.8 Å². The van der Waals surface area contributed by atoms with Crippen molar-refractivity contribution in [1.29, 1.82) is 0 Å². The fourth-order valence-corrected chi connectivity index (χ4v) is 1.89. The van der Waals surface area contributed by atoms with Crippen LogP contribution in [0, 0.1) is 0 Å². The van der Waals surface area contributed by atoms with Crippen LogP contribution in [0.4, 0.5) is 5.69 Å². The molecule has 0 radical (unpaired) electrons. The van der Waals surface area contributed by atoms with Crippen LogP contribution in [0.25, 0.3) is 11.0 Å². The van der Waals surface area contributed by atoms with Crippen LogP contribution in [0.5, 0.6) is 0 Å². The van der Waals surface area contributed by atoms with Crippen molar-refractivity contribution in [3.63, 3.8) is 0 Å². The molecule has 0 fully saturated rings. The highest BCUT2D eigenvalue weighted by molar-refractivity contribution is 5.92. The molecule has 0 spiro atoms. The highest BCUT2D eigenvalue weighted by Gasteiger charge is 2.12. The van der Waals surface area contributed by atoms with Crippen molar-refractivity contribution in [3.05, 3.63) is 40.2 Å². The zero-order valence-corrected chi connectivity index (χ0v) is 11.3. The molecule has 6 nitrogen and oxygen atoms in total. The minimum absolute atomic E-state index is 0.358. The highest BCUT2D eigenvalue weighted by atomic mass is 16.4. The zero-order valence-electron chi connectivity index (χ0n) is 11.3. The lowest BCUT2D eigenvalue weighted by Gasteiger charge is -2.20. The largest absolute Gasteiger partial charge is 0.477 e. The van der Waals surface area contributed by atoms with E-state index in [1.807, 2.05) is 24.9 Å². The normalized spacial score (nSPS) is 10.9. The first kappa shape index (κ1) is 14.1. The summed E-state index contributed by atoms with van der Waals surface area (Å²) in [5, 5.41) is 11.5. The van der Waals surface area contributed by atoms with Crippen LogP contribution in [0.2, 0.25) is 0 Å². The number of aromatic carboxylic acids is 1. The van der Waals surface area contributed by atoms with E-state index >= 15 is 0 Å². The van der Waals surface area contributed by atoms with Crippen LogP contribution >= 0.6 is 0 Å². The maximum Gasteiger partial charge on any atom is 0.351 e. The maximum atomic E-state index is 11.5. The number of rotatable bonds is 5. The molecular formula is C14H16N2O4. The Hall–Kier alpha value is -2.34. The van der Waals surface area contributed by atoms with Crippen LogP contribution in [-0.4, -0.2) is 29.2 Å². The summed E-state index contributed by atoms with van der Waals surface area (Å²) in [5.74, 6) is -1.29. The molecule has 2 aromatic rings. The third kappa shape index (κ3) is 2.80. The first-order valence-electron chi connectivity index (χ1n) is 6.38. The maximum absolute atomic E-state index is 11.5. The van der Waals surface area contributed by atoms with Crippen LogP contribution in [0.15, 0.2) is 33.5 Å². The van der Waals surface area contributed by atoms with Gasteiger partial charge in [-0.1, -0.05) is 13.8 Å². The first-order valence-corrected chi connectivity index (χ1v) is 6.38. The Labute approximate surface area is 115 Å². The van der Waals surface area contributed by atoms with Gasteiger partial charge >= 0.3 is 11.6 Å². The van der Waals surface area contributed by atoms with Gasteiger partial charge in [0.2, 0.25) is 0 Å². The van der Waals surface area contributed by atoms with Gasteiger partial charge in [-0.25, -0.2) is 14.6 Å². The second-order valence-corrected chi connectivity index (χ2v) is 4.29. The minimum atomic E-state index is -1.29. The SMILES string of the molecule is CCN(CC)Nc1ccc2cc(C(=O)O)c(=O)oc2c1. The third-order valence-corrected chi connectivity index (χ3v) is 3.02. The van der Waals surface area contributed by atoms with Crippen molar-refractivity contribution in [3.8, 4) is 0 Å². The number of benzene rings is 1. The second-order valence-electron chi connectivity index (χ2n) is 4.29. The number of fused-ring (bicyclic) bond motifs is 1. The first-order chi connectivity index (χ1) is 9.55. The molecular weight excluding hydrogens is 260 g/mol. The monoisotopic (exact) mass is 276 g/mol. The summed E-state index contributed by atoms with van der Waals surface area (Å²) >= 11 is 0. The van der Waals surface area contributed by atoms with Crippen molar-refractivity contribution in [1.82, 2.24) is 5.01 Å². The van der Waals surface area contributed by atoms with Gasteiger partial charge < -0.3 is 14.9 Å². The predicted molar refractivity (Wildman–Crippen MR) is 76.0 cm³/mol. The lowest BCUT2D eigenvalue weighted by atomic mass is 10.2. The molecule has 2 rings (SSSR count). The fraction of sp³-hybridized carbons (Fsp3) is 0.286. The van der Waals surface area contributed by atoms with Crippen LogP contribution in [0.1, 0.15) is 24.2 Å². The molecule has 0 aliphatic heterocycles. The topological polar surface area (TPSA) is 82.8 Å². The fourth-order valence-electron chi connectivity index (χ4n) is 1.89. The van der Waals surface area contributed by atoms with E-state index in [0.29, 0.717) is 11.0 Å². The van der Waals surface area contributed by atoms with Gasteiger partial charge in [0, 0.05) is 24.5 Å². The summed E-state index contributed by atoms with van der Waals surface area (Å²) in [5.41, 5.74) is 3.12.